The number of nitrogens with zero attached hydrogens (tertiary/aromatic N) is 1. The van der Waals surface area contributed by atoms with Crippen LogP contribution in [0.2, 0.25) is 5.02 Å². The third-order valence-corrected chi connectivity index (χ3v) is 3.45. The molecule has 0 bridgehead atoms. The highest BCUT2D eigenvalue weighted by Gasteiger charge is 2.27. The molecule has 2 aromatic rings. The van der Waals surface area contributed by atoms with Crippen LogP contribution in [0.25, 0.3) is 11.1 Å². The van der Waals surface area contributed by atoms with E-state index in [1.165, 1.54) is 0 Å². The van der Waals surface area contributed by atoms with Crippen molar-refractivity contribution in [3.05, 3.63) is 22.8 Å². The average Bonchev–Trinajstić information content (AvgIpc) is 2.96. The van der Waals surface area contributed by atoms with Gasteiger partial charge in [-0.15, -0.1) is 0 Å². The van der Waals surface area contributed by atoms with Crippen LogP contribution in [0.5, 0.6) is 11.5 Å². The lowest BCUT2D eigenvalue weighted by atomic mass is 9.92. The summed E-state index contributed by atoms with van der Waals surface area (Å²) in [6.45, 7) is 4.37. The lowest BCUT2D eigenvalue weighted by molar-refractivity contribution is 0.173. The molecule has 6 heteroatoms. The third-order valence-electron chi connectivity index (χ3n) is 3.17. The smallest absolute Gasteiger partial charge is 0.231 e. The van der Waals surface area contributed by atoms with Crippen molar-refractivity contribution in [2.45, 2.75) is 19.8 Å². The summed E-state index contributed by atoms with van der Waals surface area (Å²) < 4.78 is 11.0. The van der Waals surface area contributed by atoms with Crippen molar-refractivity contribution in [2.24, 2.45) is 0 Å². The van der Waals surface area contributed by atoms with Gasteiger partial charge in [0, 0.05) is 11.1 Å². The number of aromatic amines is 1. The fraction of sp³-hybridized carbons (Fsp3) is 0.308. The Bertz CT molecular complexity index is 637. The molecule has 3 N–H and O–H groups in total. The Morgan fingerprint density at radius 2 is 2.05 bits per heavy atom. The Hall–Kier alpha value is -1.88. The van der Waals surface area contributed by atoms with E-state index < -0.39 is 0 Å². The number of hydrogen-bond donors (Lipinski definition) is 2. The van der Waals surface area contributed by atoms with Crippen LogP contribution in [0, 0.1) is 0 Å². The van der Waals surface area contributed by atoms with Crippen molar-refractivity contribution in [1.82, 2.24) is 10.2 Å². The molecule has 1 aliphatic rings. The number of benzene rings is 1. The number of nitrogens with two attached hydrogens (primary N) is 1. The summed E-state index contributed by atoms with van der Waals surface area (Å²) >= 11 is 6.24. The van der Waals surface area contributed by atoms with Crippen molar-refractivity contribution in [1.29, 1.82) is 0 Å². The molecule has 0 atom stereocenters. The molecule has 5 nitrogen and oxygen atoms in total. The lowest BCUT2D eigenvalue weighted by Gasteiger charge is -2.16. The largest absolute Gasteiger partial charge is 0.453 e. The quantitative estimate of drug-likeness (QED) is 0.885. The van der Waals surface area contributed by atoms with Gasteiger partial charge in [0.05, 0.1) is 11.2 Å². The standard InChI is InChI=1S/C13H14ClN3O2/c1-6(2)10-7(8-4-16-17-13(8)15)3-9(14)11-12(10)19-5-18-11/h3-4,6H,5H2,1-2H3,(H3,15,16,17). The summed E-state index contributed by atoms with van der Waals surface area (Å²) in [6, 6.07) is 1.85. The third kappa shape index (κ3) is 1.81. The van der Waals surface area contributed by atoms with Gasteiger partial charge in [0.15, 0.2) is 11.5 Å². The highest BCUT2D eigenvalue weighted by atomic mass is 35.5. The lowest BCUT2D eigenvalue weighted by Crippen LogP contribution is -1.98. The second kappa shape index (κ2) is 4.35. The first-order valence-electron chi connectivity index (χ1n) is 6.00. The van der Waals surface area contributed by atoms with Crippen LogP contribution in [0.1, 0.15) is 25.3 Å². The molecule has 0 aliphatic carbocycles. The van der Waals surface area contributed by atoms with Crippen LogP contribution in [0.3, 0.4) is 0 Å². The molecule has 2 heterocycles. The van der Waals surface area contributed by atoms with Crippen LogP contribution < -0.4 is 15.2 Å². The maximum absolute atomic E-state index is 6.24. The monoisotopic (exact) mass is 279 g/mol. The Balaban J connectivity index is 2.31. The number of fused-ring (bicyclic) bond motifs is 1. The van der Waals surface area contributed by atoms with Gasteiger partial charge in [-0.05, 0) is 17.5 Å². The number of H-pyrrole nitrogens is 1. The van der Waals surface area contributed by atoms with E-state index in [9.17, 15) is 0 Å². The summed E-state index contributed by atoms with van der Waals surface area (Å²) in [4.78, 5) is 0. The first kappa shape index (κ1) is 12.2. The van der Waals surface area contributed by atoms with Crippen molar-refractivity contribution in [3.8, 4) is 22.6 Å². The van der Waals surface area contributed by atoms with E-state index in [1.54, 1.807) is 6.20 Å². The molecule has 100 valence electrons. The molecule has 0 radical (unpaired) electrons. The van der Waals surface area contributed by atoms with Gasteiger partial charge in [-0.1, -0.05) is 25.4 Å². The summed E-state index contributed by atoms with van der Waals surface area (Å²) in [7, 11) is 0. The van der Waals surface area contributed by atoms with Crippen molar-refractivity contribution in [3.63, 3.8) is 0 Å². The molecule has 1 aromatic heterocycles. The zero-order valence-corrected chi connectivity index (χ0v) is 11.4. The first-order valence-corrected chi connectivity index (χ1v) is 6.38. The number of hydrogen-bond acceptors (Lipinski definition) is 4. The molecule has 3 rings (SSSR count). The normalized spacial score (nSPS) is 13.3. The molecule has 0 amide bonds. The van der Waals surface area contributed by atoms with E-state index in [-0.39, 0.29) is 12.7 Å². The molecule has 19 heavy (non-hydrogen) atoms. The van der Waals surface area contributed by atoms with Gasteiger partial charge in [0.2, 0.25) is 6.79 Å². The molecular formula is C13H14ClN3O2. The molecule has 1 aliphatic heterocycles. The van der Waals surface area contributed by atoms with E-state index in [2.05, 4.69) is 24.0 Å². The maximum Gasteiger partial charge on any atom is 0.231 e. The number of nitrogen functional groups attached to an aromatic ring is 1. The first-order chi connectivity index (χ1) is 9.09. The Labute approximate surface area is 115 Å². The van der Waals surface area contributed by atoms with Gasteiger partial charge in [0.1, 0.15) is 5.82 Å². The SMILES string of the molecule is CC(C)c1c(-c2cn[nH]c2N)cc(Cl)c2c1OCO2. The van der Waals surface area contributed by atoms with Crippen LogP contribution >= 0.6 is 11.6 Å². The summed E-state index contributed by atoms with van der Waals surface area (Å²) in [5.74, 6) is 2.07. The zero-order chi connectivity index (χ0) is 13.6. The Morgan fingerprint density at radius 3 is 2.68 bits per heavy atom. The van der Waals surface area contributed by atoms with Crippen LogP contribution in [0.4, 0.5) is 5.82 Å². The molecule has 0 fully saturated rings. The van der Waals surface area contributed by atoms with E-state index in [0.717, 1.165) is 16.7 Å². The van der Waals surface area contributed by atoms with Gasteiger partial charge < -0.3 is 15.2 Å². The number of ether oxygens (including phenoxy) is 2. The maximum atomic E-state index is 6.24. The minimum Gasteiger partial charge on any atom is -0.453 e. The molecule has 0 spiro atoms. The minimum atomic E-state index is 0.194. The van der Waals surface area contributed by atoms with Gasteiger partial charge in [-0.3, -0.25) is 5.10 Å². The molecule has 0 saturated heterocycles. The van der Waals surface area contributed by atoms with Gasteiger partial charge in [-0.25, -0.2) is 0 Å². The number of anilines is 1. The number of nitrogens with one attached hydrogen (secondary N) is 1. The van der Waals surface area contributed by atoms with Gasteiger partial charge in [0.25, 0.3) is 0 Å². The van der Waals surface area contributed by atoms with Crippen molar-refractivity contribution in [2.75, 3.05) is 12.5 Å². The van der Waals surface area contributed by atoms with Gasteiger partial charge >= 0.3 is 0 Å². The van der Waals surface area contributed by atoms with E-state index in [1.807, 2.05) is 6.07 Å². The predicted molar refractivity (Wildman–Crippen MR) is 73.7 cm³/mol. The fourth-order valence-electron chi connectivity index (χ4n) is 2.36. The highest BCUT2D eigenvalue weighted by molar-refractivity contribution is 6.32. The van der Waals surface area contributed by atoms with E-state index in [0.29, 0.717) is 22.3 Å². The molecule has 1 aromatic carbocycles. The van der Waals surface area contributed by atoms with E-state index in [4.69, 9.17) is 26.8 Å². The Kier molecular flexibility index (Phi) is 2.78. The van der Waals surface area contributed by atoms with Crippen molar-refractivity contribution < 1.29 is 9.47 Å². The number of aromatic nitrogens is 2. The van der Waals surface area contributed by atoms with Gasteiger partial charge in [-0.2, -0.15) is 5.10 Å². The second-order valence-electron chi connectivity index (χ2n) is 4.74. The average molecular weight is 280 g/mol. The van der Waals surface area contributed by atoms with E-state index >= 15 is 0 Å². The summed E-state index contributed by atoms with van der Waals surface area (Å²) in [6.07, 6.45) is 1.69. The van der Waals surface area contributed by atoms with Crippen molar-refractivity contribution >= 4 is 17.4 Å². The molecule has 0 saturated carbocycles. The summed E-state index contributed by atoms with van der Waals surface area (Å²) in [5.41, 5.74) is 8.69. The topological polar surface area (TPSA) is 73.2 Å². The zero-order valence-electron chi connectivity index (χ0n) is 10.7. The van der Waals surface area contributed by atoms with Crippen LogP contribution in [-0.4, -0.2) is 17.0 Å². The Morgan fingerprint density at radius 1 is 1.32 bits per heavy atom. The van der Waals surface area contributed by atoms with Crippen LogP contribution in [0.15, 0.2) is 12.3 Å². The second-order valence-corrected chi connectivity index (χ2v) is 5.14. The number of halogens is 1. The number of rotatable bonds is 2. The van der Waals surface area contributed by atoms with Crippen LogP contribution in [-0.2, 0) is 0 Å². The predicted octanol–water partition coefficient (Wildman–Crippen LogP) is 3.16. The minimum absolute atomic E-state index is 0.194. The fourth-order valence-corrected chi connectivity index (χ4v) is 2.60. The molecule has 0 unspecified atom stereocenters. The summed E-state index contributed by atoms with van der Waals surface area (Å²) in [5, 5.41) is 7.21. The molecular weight excluding hydrogens is 266 g/mol. The highest BCUT2D eigenvalue weighted by Crippen LogP contribution is 2.49.